The number of rotatable bonds is 4. The number of pyridine rings is 1. The van der Waals surface area contributed by atoms with Gasteiger partial charge in [0.1, 0.15) is 10.6 Å². The van der Waals surface area contributed by atoms with Crippen LogP contribution in [-0.2, 0) is 10.0 Å². The SMILES string of the molecule is COc1cc(C)c(C)cc1S(=O)(=O)N1CCN(c2ccncc2C)CC1. The zero-order valence-corrected chi connectivity index (χ0v) is 16.5. The Morgan fingerprint density at radius 1 is 1.00 bits per heavy atom. The van der Waals surface area contributed by atoms with Crippen LogP contribution in [0.2, 0.25) is 0 Å². The molecule has 140 valence electrons. The van der Waals surface area contributed by atoms with Gasteiger partial charge in [0.25, 0.3) is 0 Å². The number of aryl methyl sites for hydroxylation is 3. The second-order valence-electron chi connectivity index (χ2n) is 6.64. The molecule has 0 spiro atoms. The molecule has 0 aliphatic carbocycles. The van der Waals surface area contributed by atoms with Crippen molar-refractivity contribution in [2.45, 2.75) is 25.7 Å². The Balaban J connectivity index is 1.83. The maximum absolute atomic E-state index is 13.2. The molecule has 2 aromatic rings. The molecule has 0 radical (unpaired) electrons. The largest absolute Gasteiger partial charge is 0.495 e. The highest BCUT2D eigenvalue weighted by Crippen LogP contribution is 2.31. The molecule has 26 heavy (non-hydrogen) atoms. The molecule has 1 aromatic carbocycles. The van der Waals surface area contributed by atoms with E-state index in [0.717, 1.165) is 22.4 Å². The molecular formula is C19H25N3O3S. The third-order valence-corrected chi connectivity index (χ3v) is 6.89. The number of piperazine rings is 1. The van der Waals surface area contributed by atoms with E-state index in [1.807, 2.05) is 33.0 Å². The van der Waals surface area contributed by atoms with E-state index in [0.29, 0.717) is 31.9 Å². The summed E-state index contributed by atoms with van der Waals surface area (Å²) in [5.41, 5.74) is 4.16. The Labute approximate surface area is 155 Å². The minimum Gasteiger partial charge on any atom is -0.495 e. The van der Waals surface area contributed by atoms with Gasteiger partial charge in [0.05, 0.1) is 7.11 Å². The number of nitrogens with zero attached hydrogens (tertiary/aromatic N) is 3. The Kier molecular flexibility index (Phi) is 5.20. The van der Waals surface area contributed by atoms with Crippen LogP contribution in [0.25, 0.3) is 0 Å². The fourth-order valence-electron chi connectivity index (χ4n) is 3.25. The van der Waals surface area contributed by atoms with Crippen LogP contribution in [0.3, 0.4) is 0 Å². The average Bonchev–Trinajstić information content (AvgIpc) is 2.64. The van der Waals surface area contributed by atoms with Gasteiger partial charge < -0.3 is 9.64 Å². The standard InChI is InChI=1S/C19H25N3O3S/c1-14-11-18(25-4)19(12-15(14)2)26(23,24)22-9-7-21(8-10-22)17-5-6-20-13-16(17)3/h5-6,11-13H,7-10H2,1-4H3. The lowest BCUT2D eigenvalue weighted by molar-refractivity contribution is 0.374. The maximum Gasteiger partial charge on any atom is 0.246 e. The van der Waals surface area contributed by atoms with Crippen LogP contribution in [0.5, 0.6) is 5.75 Å². The molecule has 1 aliphatic heterocycles. The summed E-state index contributed by atoms with van der Waals surface area (Å²) in [4.78, 5) is 6.58. The van der Waals surface area contributed by atoms with Crippen molar-refractivity contribution in [1.29, 1.82) is 0 Å². The first-order valence-electron chi connectivity index (χ1n) is 8.65. The number of aromatic nitrogens is 1. The number of hydrogen-bond donors (Lipinski definition) is 0. The minimum atomic E-state index is -3.59. The maximum atomic E-state index is 13.2. The van der Waals surface area contributed by atoms with Gasteiger partial charge >= 0.3 is 0 Å². The molecule has 1 saturated heterocycles. The van der Waals surface area contributed by atoms with E-state index >= 15 is 0 Å². The Bertz CT molecular complexity index is 904. The van der Waals surface area contributed by atoms with Crippen LogP contribution in [-0.4, -0.2) is 51.0 Å². The molecule has 0 N–H and O–H groups in total. The van der Waals surface area contributed by atoms with Crippen molar-refractivity contribution >= 4 is 15.7 Å². The van der Waals surface area contributed by atoms with E-state index in [9.17, 15) is 8.42 Å². The second kappa shape index (κ2) is 7.25. The van der Waals surface area contributed by atoms with Crippen LogP contribution in [0.4, 0.5) is 5.69 Å². The number of benzene rings is 1. The molecule has 0 bridgehead atoms. The minimum absolute atomic E-state index is 0.247. The first-order chi connectivity index (χ1) is 12.3. The molecule has 0 amide bonds. The summed E-state index contributed by atoms with van der Waals surface area (Å²) in [5.74, 6) is 0.403. The normalized spacial score (nSPS) is 15.9. The van der Waals surface area contributed by atoms with Crippen LogP contribution >= 0.6 is 0 Å². The lowest BCUT2D eigenvalue weighted by Gasteiger charge is -2.36. The summed E-state index contributed by atoms with van der Waals surface area (Å²) in [7, 11) is -2.08. The van der Waals surface area contributed by atoms with Crippen molar-refractivity contribution in [3.05, 3.63) is 47.3 Å². The first kappa shape index (κ1) is 18.7. The fraction of sp³-hybridized carbons (Fsp3) is 0.421. The summed E-state index contributed by atoms with van der Waals surface area (Å²) >= 11 is 0. The van der Waals surface area contributed by atoms with Crippen molar-refractivity contribution in [3.63, 3.8) is 0 Å². The smallest absolute Gasteiger partial charge is 0.246 e. The number of anilines is 1. The molecule has 3 rings (SSSR count). The van der Waals surface area contributed by atoms with Crippen LogP contribution in [0, 0.1) is 20.8 Å². The Hall–Kier alpha value is -2.12. The summed E-state index contributed by atoms with van der Waals surface area (Å²) in [5, 5.41) is 0. The van der Waals surface area contributed by atoms with E-state index in [-0.39, 0.29) is 4.90 Å². The monoisotopic (exact) mass is 375 g/mol. The van der Waals surface area contributed by atoms with E-state index in [1.54, 1.807) is 22.6 Å². The molecule has 7 heteroatoms. The second-order valence-corrected chi connectivity index (χ2v) is 8.55. The molecule has 2 heterocycles. The lowest BCUT2D eigenvalue weighted by atomic mass is 10.1. The van der Waals surface area contributed by atoms with Gasteiger partial charge in [-0.15, -0.1) is 0 Å². The van der Waals surface area contributed by atoms with Crippen LogP contribution < -0.4 is 9.64 Å². The zero-order chi connectivity index (χ0) is 18.9. The molecule has 0 saturated carbocycles. The highest BCUT2D eigenvalue weighted by atomic mass is 32.2. The number of ether oxygens (including phenoxy) is 1. The Morgan fingerprint density at radius 3 is 2.27 bits per heavy atom. The van der Waals surface area contributed by atoms with Gasteiger partial charge in [-0.25, -0.2) is 8.42 Å². The summed E-state index contributed by atoms with van der Waals surface area (Å²) in [6, 6.07) is 5.48. The Morgan fingerprint density at radius 2 is 1.65 bits per heavy atom. The quantitative estimate of drug-likeness (QED) is 0.822. The highest BCUT2D eigenvalue weighted by molar-refractivity contribution is 7.89. The molecule has 1 aliphatic rings. The highest BCUT2D eigenvalue weighted by Gasteiger charge is 2.31. The number of hydrogen-bond acceptors (Lipinski definition) is 5. The molecule has 0 unspecified atom stereocenters. The van der Waals surface area contributed by atoms with Gasteiger partial charge in [-0.3, -0.25) is 4.98 Å². The van der Waals surface area contributed by atoms with Crippen molar-refractivity contribution in [2.75, 3.05) is 38.2 Å². The van der Waals surface area contributed by atoms with E-state index in [1.165, 1.54) is 7.11 Å². The average molecular weight is 375 g/mol. The predicted octanol–water partition coefficient (Wildman–Crippen LogP) is 2.53. The lowest BCUT2D eigenvalue weighted by Crippen LogP contribution is -2.48. The third kappa shape index (κ3) is 3.41. The molecular weight excluding hydrogens is 350 g/mol. The van der Waals surface area contributed by atoms with Gasteiger partial charge in [0.15, 0.2) is 0 Å². The third-order valence-electron chi connectivity index (χ3n) is 4.97. The van der Waals surface area contributed by atoms with Gasteiger partial charge in [-0.1, -0.05) is 0 Å². The first-order valence-corrected chi connectivity index (χ1v) is 10.1. The summed E-state index contributed by atoms with van der Waals surface area (Å²) in [6.07, 6.45) is 3.60. The zero-order valence-electron chi connectivity index (χ0n) is 15.7. The van der Waals surface area contributed by atoms with Gasteiger partial charge in [0, 0.05) is 44.3 Å². The van der Waals surface area contributed by atoms with Crippen molar-refractivity contribution in [3.8, 4) is 5.75 Å². The van der Waals surface area contributed by atoms with E-state index < -0.39 is 10.0 Å². The van der Waals surface area contributed by atoms with Crippen molar-refractivity contribution in [1.82, 2.24) is 9.29 Å². The number of methoxy groups -OCH3 is 1. The predicted molar refractivity (Wildman–Crippen MR) is 102 cm³/mol. The van der Waals surface area contributed by atoms with Crippen molar-refractivity contribution < 1.29 is 13.2 Å². The molecule has 1 fully saturated rings. The molecule has 1 aromatic heterocycles. The summed E-state index contributed by atoms with van der Waals surface area (Å²) < 4.78 is 33.2. The molecule has 0 atom stereocenters. The van der Waals surface area contributed by atoms with Crippen LogP contribution in [0.1, 0.15) is 16.7 Å². The summed E-state index contributed by atoms with van der Waals surface area (Å²) in [6.45, 7) is 8.07. The van der Waals surface area contributed by atoms with Crippen molar-refractivity contribution in [2.24, 2.45) is 0 Å². The molecule has 6 nitrogen and oxygen atoms in total. The van der Waals surface area contributed by atoms with E-state index in [4.69, 9.17) is 4.74 Å². The number of sulfonamides is 1. The fourth-order valence-corrected chi connectivity index (χ4v) is 4.90. The van der Waals surface area contributed by atoms with Gasteiger partial charge in [0.2, 0.25) is 10.0 Å². The topological polar surface area (TPSA) is 62.7 Å². The van der Waals surface area contributed by atoms with Gasteiger partial charge in [-0.05, 0) is 55.7 Å². The van der Waals surface area contributed by atoms with Crippen LogP contribution in [0.15, 0.2) is 35.5 Å². The van der Waals surface area contributed by atoms with Gasteiger partial charge in [-0.2, -0.15) is 4.31 Å². The van der Waals surface area contributed by atoms with E-state index in [2.05, 4.69) is 9.88 Å².